The first kappa shape index (κ1) is 13.1. The van der Waals surface area contributed by atoms with E-state index in [0.717, 1.165) is 44.4 Å². The van der Waals surface area contributed by atoms with Gasteiger partial charge in [0.2, 0.25) is 5.95 Å². The number of rotatable bonds is 4. The fraction of sp³-hybridized carbons (Fsp3) is 0.467. The van der Waals surface area contributed by atoms with Gasteiger partial charge in [-0.05, 0) is 12.0 Å². The Morgan fingerprint density at radius 3 is 2.65 bits per heavy atom. The van der Waals surface area contributed by atoms with Gasteiger partial charge in [-0.15, -0.1) is 5.10 Å². The van der Waals surface area contributed by atoms with Crippen LogP contribution >= 0.6 is 0 Å². The van der Waals surface area contributed by atoms with E-state index in [2.05, 4.69) is 51.6 Å². The zero-order chi connectivity index (χ0) is 13.8. The highest BCUT2D eigenvalue weighted by atomic mass is 15.4. The SMILES string of the molecule is CCC(c1ccccc1)c1nc(N2CCNCC2)n[nH]1. The maximum absolute atomic E-state index is 4.71. The highest BCUT2D eigenvalue weighted by Gasteiger charge is 2.19. The number of benzene rings is 1. The van der Waals surface area contributed by atoms with Gasteiger partial charge in [-0.2, -0.15) is 4.98 Å². The third kappa shape index (κ3) is 2.67. The second kappa shape index (κ2) is 6.05. The molecule has 2 heterocycles. The Morgan fingerprint density at radius 2 is 1.95 bits per heavy atom. The monoisotopic (exact) mass is 271 g/mol. The lowest BCUT2D eigenvalue weighted by atomic mass is 9.96. The van der Waals surface area contributed by atoms with Gasteiger partial charge in [-0.3, -0.25) is 5.10 Å². The summed E-state index contributed by atoms with van der Waals surface area (Å²) < 4.78 is 0. The third-order valence-corrected chi connectivity index (χ3v) is 3.83. The molecule has 0 amide bonds. The standard InChI is InChI=1S/C15H21N5/c1-2-13(12-6-4-3-5-7-12)14-17-15(19-18-14)20-10-8-16-9-11-20/h3-7,13,16H,2,8-11H2,1H3,(H,17,18,19). The van der Waals surface area contributed by atoms with Gasteiger partial charge >= 0.3 is 0 Å². The fourth-order valence-corrected chi connectivity index (χ4v) is 2.70. The van der Waals surface area contributed by atoms with Crippen molar-refractivity contribution >= 4 is 5.95 Å². The second-order valence-electron chi connectivity index (χ2n) is 5.13. The number of nitrogens with one attached hydrogen (secondary N) is 2. The molecule has 0 bridgehead atoms. The molecule has 1 fully saturated rings. The molecule has 1 atom stereocenters. The van der Waals surface area contributed by atoms with Gasteiger partial charge in [-0.25, -0.2) is 0 Å². The Morgan fingerprint density at radius 1 is 1.20 bits per heavy atom. The lowest BCUT2D eigenvalue weighted by molar-refractivity contribution is 0.580. The maximum Gasteiger partial charge on any atom is 0.244 e. The molecular formula is C15H21N5. The quantitative estimate of drug-likeness (QED) is 0.889. The average molecular weight is 271 g/mol. The molecule has 106 valence electrons. The van der Waals surface area contributed by atoms with E-state index in [9.17, 15) is 0 Å². The molecule has 1 aliphatic rings. The molecule has 1 aromatic heterocycles. The summed E-state index contributed by atoms with van der Waals surface area (Å²) in [6.07, 6.45) is 1.01. The van der Waals surface area contributed by atoms with Crippen molar-refractivity contribution in [2.24, 2.45) is 0 Å². The Bertz CT molecular complexity index is 530. The van der Waals surface area contributed by atoms with Gasteiger partial charge in [0.25, 0.3) is 0 Å². The Labute approximate surface area is 119 Å². The van der Waals surface area contributed by atoms with E-state index >= 15 is 0 Å². The lowest BCUT2D eigenvalue weighted by Gasteiger charge is -2.25. The fourth-order valence-electron chi connectivity index (χ4n) is 2.70. The van der Waals surface area contributed by atoms with Gasteiger partial charge in [0, 0.05) is 32.1 Å². The summed E-state index contributed by atoms with van der Waals surface area (Å²) >= 11 is 0. The van der Waals surface area contributed by atoms with Crippen molar-refractivity contribution in [2.45, 2.75) is 19.3 Å². The minimum absolute atomic E-state index is 0.292. The zero-order valence-electron chi connectivity index (χ0n) is 11.8. The number of hydrogen-bond acceptors (Lipinski definition) is 4. The lowest BCUT2D eigenvalue weighted by Crippen LogP contribution is -2.44. The summed E-state index contributed by atoms with van der Waals surface area (Å²) in [6, 6.07) is 10.5. The molecule has 20 heavy (non-hydrogen) atoms. The molecule has 1 aliphatic heterocycles. The number of aromatic amines is 1. The molecule has 0 aliphatic carbocycles. The molecule has 5 nitrogen and oxygen atoms in total. The van der Waals surface area contributed by atoms with E-state index in [4.69, 9.17) is 4.98 Å². The maximum atomic E-state index is 4.71. The molecule has 5 heteroatoms. The summed E-state index contributed by atoms with van der Waals surface area (Å²) in [7, 11) is 0. The predicted octanol–water partition coefficient (Wildman–Crippen LogP) is 1.76. The van der Waals surface area contributed by atoms with Crippen molar-refractivity contribution in [2.75, 3.05) is 31.1 Å². The smallest absolute Gasteiger partial charge is 0.244 e. The van der Waals surface area contributed by atoms with Crippen LogP contribution in [0, 0.1) is 0 Å². The molecule has 1 saturated heterocycles. The van der Waals surface area contributed by atoms with Crippen LogP contribution < -0.4 is 10.2 Å². The molecule has 1 aromatic carbocycles. The summed E-state index contributed by atoms with van der Waals surface area (Å²) in [5.41, 5.74) is 1.29. The number of hydrogen-bond donors (Lipinski definition) is 2. The largest absolute Gasteiger partial charge is 0.337 e. The first-order valence-electron chi connectivity index (χ1n) is 7.31. The minimum atomic E-state index is 0.292. The van der Waals surface area contributed by atoms with Crippen molar-refractivity contribution in [3.63, 3.8) is 0 Å². The van der Waals surface area contributed by atoms with Crippen LogP contribution in [0.4, 0.5) is 5.95 Å². The van der Waals surface area contributed by atoms with E-state index in [1.165, 1.54) is 5.56 Å². The van der Waals surface area contributed by atoms with E-state index in [1.807, 2.05) is 6.07 Å². The molecule has 0 saturated carbocycles. The minimum Gasteiger partial charge on any atom is -0.337 e. The van der Waals surface area contributed by atoms with Crippen molar-refractivity contribution in [1.29, 1.82) is 0 Å². The van der Waals surface area contributed by atoms with Crippen LogP contribution in [0.15, 0.2) is 30.3 Å². The molecule has 2 N–H and O–H groups in total. The highest BCUT2D eigenvalue weighted by molar-refractivity contribution is 5.33. The molecule has 2 aromatic rings. The molecule has 3 rings (SSSR count). The number of nitrogens with zero attached hydrogens (tertiary/aromatic N) is 3. The summed E-state index contributed by atoms with van der Waals surface area (Å²) in [5.74, 6) is 2.09. The van der Waals surface area contributed by atoms with Crippen molar-refractivity contribution in [3.8, 4) is 0 Å². The van der Waals surface area contributed by atoms with E-state index in [1.54, 1.807) is 0 Å². The Balaban J connectivity index is 1.81. The van der Waals surface area contributed by atoms with Crippen LogP contribution in [0.1, 0.15) is 30.7 Å². The summed E-state index contributed by atoms with van der Waals surface area (Å²) in [6.45, 7) is 6.13. The summed E-state index contributed by atoms with van der Waals surface area (Å²) in [5, 5.41) is 10.9. The average Bonchev–Trinajstić information content (AvgIpc) is 3.00. The van der Waals surface area contributed by atoms with Crippen molar-refractivity contribution < 1.29 is 0 Å². The number of aromatic nitrogens is 3. The van der Waals surface area contributed by atoms with Crippen molar-refractivity contribution in [3.05, 3.63) is 41.7 Å². The highest BCUT2D eigenvalue weighted by Crippen LogP contribution is 2.25. The van der Waals surface area contributed by atoms with Gasteiger partial charge in [0.1, 0.15) is 5.82 Å². The number of anilines is 1. The van der Waals surface area contributed by atoms with Gasteiger partial charge in [-0.1, -0.05) is 37.3 Å². The molecule has 1 unspecified atom stereocenters. The number of piperazine rings is 1. The van der Waals surface area contributed by atoms with Crippen LogP contribution in [0.2, 0.25) is 0 Å². The van der Waals surface area contributed by atoms with E-state index < -0.39 is 0 Å². The van der Waals surface area contributed by atoms with Gasteiger partial charge < -0.3 is 10.2 Å². The number of H-pyrrole nitrogens is 1. The first-order valence-corrected chi connectivity index (χ1v) is 7.31. The molecular weight excluding hydrogens is 250 g/mol. The summed E-state index contributed by atoms with van der Waals surface area (Å²) in [4.78, 5) is 6.94. The Hall–Kier alpha value is -1.88. The van der Waals surface area contributed by atoms with Crippen LogP contribution in [0.3, 0.4) is 0 Å². The third-order valence-electron chi connectivity index (χ3n) is 3.83. The first-order chi connectivity index (χ1) is 9.88. The van der Waals surface area contributed by atoms with Gasteiger partial charge in [0.05, 0.1) is 0 Å². The van der Waals surface area contributed by atoms with E-state index in [0.29, 0.717) is 5.92 Å². The topological polar surface area (TPSA) is 56.8 Å². The van der Waals surface area contributed by atoms with Crippen LogP contribution in [0.25, 0.3) is 0 Å². The second-order valence-corrected chi connectivity index (χ2v) is 5.13. The van der Waals surface area contributed by atoms with Crippen molar-refractivity contribution in [1.82, 2.24) is 20.5 Å². The van der Waals surface area contributed by atoms with E-state index in [-0.39, 0.29) is 0 Å². The van der Waals surface area contributed by atoms with Crippen LogP contribution in [0.5, 0.6) is 0 Å². The van der Waals surface area contributed by atoms with Gasteiger partial charge in [0.15, 0.2) is 0 Å². The van der Waals surface area contributed by atoms with Crippen LogP contribution in [-0.2, 0) is 0 Å². The molecule has 0 spiro atoms. The predicted molar refractivity (Wildman–Crippen MR) is 80.0 cm³/mol. The Kier molecular flexibility index (Phi) is 3.97. The zero-order valence-corrected chi connectivity index (χ0v) is 11.8. The normalized spacial score (nSPS) is 17.1. The van der Waals surface area contributed by atoms with Crippen LogP contribution in [-0.4, -0.2) is 41.4 Å². The molecule has 0 radical (unpaired) electrons.